The van der Waals surface area contributed by atoms with Crippen molar-refractivity contribution in [2.75, 3.05) is 19.8 Å². The largest absolute Gasteiger partial charge is 0.377 e. The first-order chi connectivity index (χ1) is 12.2. The average molecular weight is 377 g/mol. The first-order valence-electron chi connectivity index (χ1n) is 7.59. The first kappa shape index (κ1) is 16.2. The zero-order valence-electron chi connectivity index (χ0n) is 13.0. The maximum absolute atomic E-state index is 12.9. The molecule has 1 aliphatic rings. The fraction of sp³-hybridized carbons (Fsp3) is 0.250. The topological polar surface area (TPSA) is 81.4 Å². The van der Waals surface area contributed by atoms with E-state index >= 15 is 0 Å². The molecule has 0 N–H and O–H groups in total. The minimum Gasteiger partial charge on any atom is -0.377 e. The summed E-state index contributed by atoms with van der Waals surface area (Å²) in [6.07, 6.45) is 1.24. The molecule has 1 saturated heterocycles. The van der Waals surface area contributed by atoms with Crippen molar-refractivity contribution in [3.8, 4) is 10.6 Å². The van der Waals surface area contributed by atoms with E-state index < -0.39 is 0 Å². The Kier molecular flexibility index (Phi) is 4.48. The molecular formula is C16H13ClN4O3S. The summed E-state index contributed by atoms with van der Waals surface area (Å²) in [7, 11) is 0. The van der Waals surface area contributed by atoms with E-state index in [9.17, 15) is 4.79 Å². The molecule has 9 heteroatoms. The van der Waals surface area contributed by atoms with Crippen molar-refractivity contribution in [1.82, 2.24) is 20.0 Å². The van der Waals surface area contributed by atoms with Crippen LogP contribution in [-0.4, -0.2) is 45.7 Å². The number of benzene rings is 1. The second kappa shape index (κ2) is 6.91. The van der Waals surface area contributed by atoms with Crippen LogP contribution in [0.3, 0.4) is 0 Å². The van der Waals surface area contributed by atoms with E-state index in [1.165, 1.54) is 17.7 Å². The number of carbonyl (C=O) groups excluding carboxylic acids is 1. The first-order valence-corrected chi connectivity index (χ1v) is 8.85. The highest BCUT2D eigenvalue weighted by atomic mass is 35.5. The van der Waals surface area contributed by atoms with Gasteiger partial charge >= 0.3 is 0 Å². The van der Waals surface area contributed by atoms with Gasteiger partial charge in [-0.05, 0) is 6.07 Å². The standard InChI is InChI=1S/C16H13ClN4O3S/c17-11-4-2-1-3-10(11)15-19-12(8-25-15)16(22)21-5-6-23-7-13(21)14-18-9-24-20-14/h1-4,8-9,13H,5-7H2/t13-/m1/s1. The number of rotatable bonds is 3. The van der Waals surface area contributed by atoms with Crippen LogP contribution in [0.4, 0.5) is 0 Å². The molecule has 7 nitrogen and oxygen atoms in total. The van der Waals surface area contributed by atoms with Crippen molar-refractivity contribution in [1.29, 1.82) is 0 Å². The summed E-state index contributed by atoms with van der Waals surface area (Å²) in [5.74, 6) is 0.238. The Bertz CT molecular complexity index is 883. The van der Waals surface area contributed by atoms with Crippen molar-refractivity contribution in [3.63, 3.8) is 0 Å². The van der Waals surface area contributed by atoms with E-state index in [0.717, 1.165) is 5.56 Å². The van der Waals surface area contributed by atoms with Crippen LogP contribution >= 0.6 is 22.9 Å². The van der Waals surface area contributed by atoms with Gasteiger partial charge in [0.25, 0.3) is 5.91 Å². The minimum atomic E-state index is -0.384. The van der Waals surface area contributed by atoms with Gasteiger partial charge < -0.3 is 14.2 Å². The molecule has 0 spiro atoms. The van der Waals surface area contributed by atoms with Crippen molar-refractivity contribution < 1.29 is 14.1 Å². The molecule has 0 saturated carbocycles. The highest BCUT2D eigenvalue weighted by molar-refractivity contribution is 7.13. The molecule has 1 aliphatic heterocycles. The molecule has 1 amide bonds. The quantitative estimate of drug-likeness (QED) is 0.698. The van der Waals surface area contributed by atoms with Crippen LogP contribution in [0.1, 0.15) is 22.4 Å². The lowest BCUT2D eigenvalue weighted by Gasteiger charge is -2.33. The second-order valence-electron chi connectivity index (χ2n) is 5.40. The van der Waals surface area contributed by atoms with Gasteiger partial charge in [-0.1, -0.05) is 35.0 Å². The van der Waals surface area contributed by atoms with Crippen LogP contribution in [0, 0.1) is 0 Å². The van der Waals surface area contributed by atoms with Gasteiger partial charge in [0.15, 0.2) is 5.82 Å². The molecular weight excluding hydrogens is 364 g/mol. The molecule has 3 aromatic rings. The molecule has 3 heterocycles. The normalized spacial score (nSPS) is 17.6. The fourth-order valence-corrected chi connectivity index (χ4v) is 3.78. The number of ether oxygens (including phenoxy) is 1. The molecule has 1 aromatic carbocycles. The highest BCUT2D eigenvalue weighted by Gasteiger charge is 2.33. The average Bonchev–Trinajstić information content (AvgIpc) is 3.34. The van der Waals surface area contributed by atoms with Crippen molar-refractivity contribution in [2.45, 2.75) is 6.04 Å². The Hall–Kier alpha value is -2.29. The van der Waals surface area contributed by atoms with Gasteiger partial charge in [0.1, 0.15) is 16.7 Å². The molecule has 1 fully saturated rings. The van der Waals surface area contributed by atoms with Gasteiger partial charge in [0.05, 0.1) is 18.2 Å². The lowest BCUT2D eigenvalue weighted by molar-refractivity contribution is -0.00602. The SMILES string of the molecule is O=C(c1csc(-c2ccccc2Cl)n1)N1CCOC[C@@H]1c1ncon1. The lowest BCUT2D eigenvalue weighted by atomic mass is 10.2. The van der Waals surface area contributed by atoms with Crippen LogP contribution in [0.15, 0.2) is 40.6 Å². The maximum atomic E-state index is 12.9. The number of hydrogen-bond donors (Lipinski definition) is 0. The summed E-state index contributed by atoms with van der Waals surface area (Å²) < 4.78 is 10.3. The third-order valence-electron chi connectivity index (χ3n) is 3.89. The molecule has 0 radical (unpaired) electrons. The van der Waals surface area contributed by atoms with Crippen LogP contribution in [0.2, 0.25) is 5.02 Å². The van der Waals surface area contributed by atoms with Gasteiger partial charge in [0.2, 0.25) is 6.39 Å². The number of hydrogen-bond acceptors (Lipinski definition) is 7. The predicted molar refractivity (Wildman–Crippen MR) is 91.5 cm³/mol. The highest BCUT2D eigenvalue weighted by Crippen LogP contribution is 2.31. The fourth-order valence-electron chi connectivity index (χ4n) is 2.66. The van der Waals surface area contributed by atoms with Crippen LogP contribution in [0.5, 0.6) is 0 Å². The molecule has 1 atom stereocenters. The smallest absolute Gasteiger partial charge is 0.274 e. The molecule has 128 valence electrons. The van der Waals surface area contributed by atoms with Gasteiger partial charge in [-0.15, -0.1) is 11.3 Å². The minimum absolute atomic E-state index is 0.187. The number of thiazole rings is 1. The lowest BCUT2D eigenvalue weighted by Crippen LogP contribution is -2.44. The Morgan fingerprint density at radius 3 is 3.04 bits per heavy atom. The molecule has 2 aromatic heterocycles. The Labute approximate surface area is 152 Å². The third kappa shape index (κ3) is 3.15. The summed E-state index contributed by atoms with van der Waals surface area (Å²) in [6, 6.07) is 7.04. The maximum Gasteiger partial charge on any atom is 0.274 e. The summed E-state index contributed by atoms with van der Waals surface area (Å²) in [5, 5.41) is 6.89. The van der Waals surface area contributed by atoms with Crippen LogP contribution in [0.25, 0.3) is 10.6 Å². The van der Waals surface area contributed by atoms with Crippen molar-refractivity contribution in [3.05, 3.63) is 52.6 Å². The Morgan fingerprint density at radius 1 is 1.36 bits per heavy atom. The predicted octanol–water partition coefficient (Wildman–Crippen LogP) is 3.06. The molecule has 0 unspecified atom stereocenters. The van der Waals surface area contributed by atoms with E-state index in [-0.39, 0.29) is 11.9 Å². The summed E-state index contributed by atoms with van der Waals surface area (Å²) >= 11 is 7.60. The number of morpholine rings is 1. The van der Waals surface area contributed by atoms with E-state index in [1.54, 1.807) is 16.3 Å². The molecule has 4 rings (SSSR count). The monoisotopic (exact) mass is 376 g/mol. The van der Waals surface area contributed by atoms with Crippen LogP contribution < -0.4 is 0 Å². The molecule has 25 heavy (non-hydrogen) atoms. The Balaban J connectivity index is 1.61. The third-order valence-corrected chi connectivity index (χ3v) is 5.10. The zero-order valence-corrected chi connectivity index (χ0v) is 14.5. The number of nitrogens with zero attached hydrogens (tertiary/aromatic N) is 4. The van der Waals surface area contributed by atoms with Crippen LogP contribution in [-0.2, 0) is 4.74 Å². The van der Waals surface area contributed by atoms with E-state index in [2.05, 4.69) is 15.1 Å². The number of aromatic nitrogens is 3. The molecule has 0 bridgehead atoms. The zero-order chi connectivity index (χ0) is 17.2. The van der Waals surface area contributed by atoms with Crippen molar-refractivity contribution in [2.24, 2.45) is 0 Å². The van der Waals surface area contributed by atoms with Gasteiger partial charge in [-0.2, -0.15) is 4.98 Å². The summed E-state index contributed by atoms with van der Waals surface area (Å²) in [5.41, 5.74) is 1.18. The number of halogens is 1. The molecule has 0 aliphatic carbocycles. The Morgan fingerprint density at radius 2 is 2.24 bits per heavy atom. The van der Waals surface area contributed by atoms with Gasteiger partial charge in [-0.25, -0.2) is 4.98 Å². The van der Waals surface area contributed by atoms with E-state index in [4.69, 9.17) is 20.9 Å². The number of amides is 1. The van der Waals surface area contributed by atoms with Gasteiger partial charge in [0, 0.05) is 17.5 Å². The van der Waals surface area contributed by atoms with E-state index in [1.807, 2.05) is 18.2 Å². The number of carbonyl (C=O) groups is 1. The summed E-state index contributed by atoms with van der Waals surface area (Å²) in [6.45, 7) is 1.23. The van der Waals surface area contributed by atoms with Crippen molar-refractivity contribution >= 4 is 28.8 Å². The summed E-state index contributed by atoms with van der Waals surface area (Å²) in [4.78, 5) is 23.1. The second-order valence-corrected chi connectivity index (χ2v) is 6.66. The van der Waals surface area contributed by atoms with Gasteiger partial charge in [-0.3, -0.25) is 4.79 Å². The van der Waals surface area contributed by atoms with E-state index in [0.29, 0.717) is 41.3 Å².